The summed E-state index contributed by atoms with van der Waals surface area (Å²) >= 11 is 6.30. The van der Waals surface area contributed by atoms with Gasteiger partial charge < -0.3 is 23.8 Å². The normalized spacial score (nSPS) is 20.8. The van der Waals surface area contributed by atoms with E-state index in [1.54, 1.807) is 24.3 Å². The highest BCUT2D eigenvalue weighted by Crippen LogP contribution is 2.43. The summed E-state index contributed by atoms with van der Waals surface area (Å²) in [5, 5.41) is 9.47. The van der Waals surface area contributed by atoms with E-state index in [4.69, 9.17) is 30.5 Å². The molecular formula is C27H25ClN2O10. The van der Waals surface area contributed by atoms with E-state index in [9.17, 15) is 29.3 Å². The molecule has 40 heavy (non-hydrogen) atoms. The minimum absolute atomic E-state index is 0.0135. The van der Waals surface area contributed by atoms with Crippen molar-refractivity contribution in [1.82, 2.24) is 4.90 Å². The zero-order valence-electron chi connectivity index (χ0n) is 21.4. The fourth-order valence-corrected chi connectivity index (χ4v) is 4.88. The number of nitro groups is 1. The standard InChI is InChI=1S/C27H25ClN2O10/c1-15(40-27(34)39-14-16-6-4-3-5-7-16)21-20-12-19(22(28)25(32)37-2)23(29(20)24(21)31)26(33)38-13-17-8-10-18(11-9-17)30(35)36/h3-12,15,20-23H,13-14H2,1-2H3. The van der Waals surface area contributed by atoms with Gasteiger partial charge in [0.2, 0.25) is 5.91 Å². The molecule has 0 N–H and O–H groups in total. The fraction of sp³-hybridized carbons (Fsp3) is 0.333. The molecule has 0 radical (unpaired) electrons. The smallest absolute Gasteiger partial charge is 0.468 e. The number of rotatable bonds is 10. The molecule has 0 saturated carbocycles. The maximum absolute atomic E-state index is 13.2. The van der Waals surface area contributed by atoms with Crippen molar-refractivity contribution in [3.63, 3.8) is 0 Å². The predicted molar refractivity (Wildman–Crippen MR) is 138 cm³/mol. The molecule has 2 heterocycles. The molecule has 13 heteroatoms. The molecule has 1 amide bonds. The first-order valence-corrected chi connectivity index (χ1v) is 12.6. The van der Waals surface area contributed by atoms with Gasteiger partial charge in [-0.05, 0) is 35.8 Å². The summed E-state index contributed by atoms with van der Waals surface area (Å²) in [5.74, 6) is -3.05. The number of alkyl halides is 1. The Labute approximate surface area is 233 Å². The minimum Gasteiger partial charge on any atom is -0.468 e. The number of hydrogen-bond donors (Lipinski definition) is 0. The molecule has 2 aliphatic heterocycles. The molecule has 2 aromatic carbocycles. The summed E-state index contributed by atoms with van der Waals surface area (Å²) in [6, 6.07) is 12.3. The molecule has 2 aromatic rings. The van der Waals surface area contributed by atoms with Crippen LogP contribution in [0.5, 0.6) is 0 Å². The summed E-state index contributed by atoms with van der Waals surface area (Å²) in [5.41, 5.74) is 1.20. The number of carbonyl (C=O) groups excluding carboxylic acids is 4. The summed E-state index contributed by atoms with van der Waals surface area (Å²) < 4.78 is 20.5. The van der Waals surface area contributed by atoms with Gasteiger partial charge in [0.05, 0.1) is 24.0 Å². The number of β-lactam (4-membered cyclic amide) rings is 1. The van der Waals surface area contributed by atoms with Crippen molar-refractivity contribution in [3.05, 3.63) is 87.5 Å². The first kappa shape index (κ1) is 28.6. The number of hydrogen-bond acceptors (Lipinski definition) is 10. The molecule has 2 aliphatic rings. The monoisotopic (exact) mass is 572 g/mol. The molecule has 0 spiro atoms. The van der Waals surface area contributed by atoms with Gasteiger partial charge in [-0.25, -0.2) is 9.59 Å². The van der Waals surface area contributed by atoms with Crippen molar-refractivity contribution in [2.24, 2.45) is 5.92 Å². The largest absolute Gasteiger partial charge is 0.508 e. The van der Waals surface area contributed by atoms with Gasteiger partial charge in [-0.1, -0.05) is 36.4 Å². The van der Waals surface area contributed by atoms with Gasteiger partial charge in [0.15, 0.2) is 11.4 Å². The van der Waals surface area contributed by atoms with E-state index in [2.05, 4.69) is 0 Å². The molecule has 5 unspecified atom stereocenters. The van der Waals surface area contributed by atoms with Crippen LogP contribution < -0.4 is 0 Å². The highest BCUT2D eigenvalue weighted by molar-refractivity contribution is 6.32. The number of carbonyl (C=O) groups is 4. The predicted octanol–water partition coefficient (Wildman–Crippen LogP) is 3.30. The van der Waals surface area contributed by atoms with Crippen LogP contribution in [0.15, 0.2) is 66.2 Å². The maximum Gasteiger partial charge on any atom is 0.508 e. The maximum atomic E-state index is 13.2. The second-order valence-electron chi connectivity index (χ2n) is 9.10. The Balaban J connectivity index is 1.44. The molecule has 0 bridgehead atoms. The first-order chi connectivity index (χ1) is 19.1. The molecular weight excluding hydrogens is 548 g/mol. The second kappa shape index (κ2) is 12.2. The van der Waals surface area contributed by atoms with Gasteiger partial charge in [-0.2, -0.15) is 0 Å². The Bertz CT molecular complexity index is 1330. The molecule has 5 atom stereocenters. The summed E-state index contributed by atoms with van der Waals surface area (Å²) in [6.45, 7) is 1.27. The molecule has 12 nitrogen and oxygen atoms in total. The number of non-ortho nitro benzene ring substituents is 1. The fourth-order valence-electron chi connectivity index (χ4n) is 4.60. The van der Waals surface area contributed by atoms with Crippen molar-refractivity contribution >= 4 is 41.3 Å². The molecule has 210 valence electrons. The van der Waals surface area contributed by atoms with Crippen LogP contribution in [0.1, 0.15) is 18.1 Å². The van der Waals surface area contributed by atoms with Crippen molar-refractivity contribution in [1.29, 1.82) is 0 Å². The summed E-state index contributed by atoms with van der Waals surface area (Å²) in [4.78, 5) is 62.3. The summed E-state index contributed by atoms with van der Waals surface area (Å²) in [6.07, 6.45) is -0.377. The third-order valence-corrected chi connectivity index (χ3v) is 7.06. The van der Waals surface area contributed by atoms with E-state index in [-0.39, 0.29) is 24.5 Å². The number of fused-ring (bicyclic) bond motifs is 1. The van der Waals surface area contributed by atoms with Gasteiger partial charge in [0.25, 0.3) is 5.69 Å². The Morgan fingerprint density at radius 2 is 1.65 bits per heavy atom. The van der Waals surface area contributed by atoms with Crippen molar-refractivity contribution in [2.45, 2.75) is 43.7 Å². The van der Waals surface area contributed by atoms with Crippen LogP contribution in [0.2, 0.25) is 0 Å². The summed E-state index contributed by atoms with van der Waals surface area (Å²) in [7, 11) is 1.13. The molecule has 1 saturated heterocycles. The topological polar surface area (TPSA) is 152 Å². The molecule has 4 rings (SSSR count). The van der Waals surface area contributed by atoms with Gasteiger partial charge >= 0.3 is 18.1 Å². The minimum atomic E-state index is -1.38. The Morgan fingerprint density at radius 1 is 1.02 bits per heavy atom. The van der Waals surface area contributed by atoms with Crippen LogP contribution in [-0.2, 0) is 46.5 Å². The van der Waals surface area contributed by atoms with E-state index >= 15 is 0 Å². The Morgan fingerprint density at radius 3 is 2.27 bits per heavy atom. The van der Waals surface area contributed by atoms with Crippen LogP contribution in [0.4, 0.5) is 10.5 Å². The number of nitrogens with zero attached hydrogens (tertiary/aromatic N) is 2. The van der Waals surface area contributed by atoms with Gasteiger partial charge in [-0.15, -0.1) is 11.6 Å². The second-order valence-corrected chi connectivity index (χ2v) is 9.53. The van der Waals surface area contributed by atoms with Crippen LogP contribution in [0.3, 0.4) is 0 Å². The molecule has 0 aliphatic carbocycles. The number of ether oxygens (including phenoxy) is 4. The third-order valence-electron chi connectivity index (χ3n) is 6.63. The van der Waals surface area contributed by atoms with E-state index in [1.807, 2.05) is 6.07 Å². The number of halogens is 1. The van der Waals surface area contributed by atoms with Gasteiger partial charge in [0, 0.05) is 12.1 Å². The number of methoxy groups -OCH3 is 1. The van der Waals surface area contributed by atoms with E-state index in [0.29, 0.717) is 5.56 Å². The van der Waals surface area contributed by atoms with Gasteiger partial charge in [0.1, 0.15) is 19.3 Å². The van der Waals surface area contributed by atoms with Crippen LogP contribution >= 0.6 is 11.6 Å². The first-order valence-electron chi connectivity index (χ1n) is 12.1. The average molecular weight is 573 g/mol. The number of amides is 1. The van der Waals surface area contributed by atoms with Crippen LogP contribution in [0.25, 0.3) is 0 Å². The van der Waals surface area contributed by atoms with E-state index in [0.717, 1.165) is 12.7 Å². The number of benzene rings is 2. The third kappa shape index (κ3) is 5.91. The number of nitro benzene ring substituents is 1. The Kier molecular flexibility index (Phi) is 8.68. The van der Waals surface area contributed by atoms with E-state index < -0.39 is 58.4 Å². The highest BCUT2D eigenvalue weighted by Gasteiger charge is 2.60. The van der Waals surface area contributed by atoms with Crippen molar-refractivity contribution in [3.8, 4) is 0 Å². The lowest BCUT2D eigenvalue weighted by Crippen LogP contribution is -2.66. The lowest BCUT2D eigenvalue weighted by atomic mass is 9.84. The average Bonchev–Trinajstić information content (AvgIpc) is 3.29. The molecule has 0 aromatic heterocycles. The lowest BCUT2D eigenvalue weighted by Gasteiger charge is -2.46. The SMILES string of the molecule is COC(=O)C(Cl)C1=CC2C(C(C)OC(=O)OCc3ccccc3)C(=O)N2C1C(=O)OCc1ccc([N+](=O)[O-])cc1. The van der Waals surface area contributed by atoms with Gasteiger partial charge in [-0.3, -0.25) is 19.7 Å². The van der Waals surface area contributed by atoms with E-state index in [1.165, 1.54) is 42.2 Å². The quantitative estimate of drug-likeness (QED) is 0.0788. The molecule has 1 fully saturated rings. The zero-order valence-corrected chi connectivity index (χ0v) is 22.2. The highest BCUT2D eigenvalue weighted by atomic mass is 35.5. The number of esters is 2. The van der Waals surface area contributed by atoms with Crippen molar-refractivity contribution < 1.29 is 43.0 Å². The Hall–Kier alpha value is -4.45. The van der Waals surface area contributed by atoms with Crippen molar-refractivity contribution in [2.75, 3.05) is 7.11 Å². The zero-order chi connectivity index (χ0) is 29.0. The lowest BCUT2D eigenvalue weighted by molar-refractivity contribution is -0.384. The van der Waals surface area contributed by atoms with Crippen LogP contribution in [0, 0.1) is 16.0 Å². The van der Waals surface area contributed by atoms with Crippen LogP contribution in [-0.4, -0.2) is 64.5 Å².